The molecule has 4 aromatic carbocycles. The minimum absolute atomic E-state index is 0.255. The van der Waals surface area contributed by atoms with Gasteiger partial charge in [0.1, 0.15) is 29.7 Å². The number of carbonyl (C=O) groups is 1. The summed E-state index contributed by atoms with van der Waals surface area (Å²) in [6.07, 6.45) is 3.30. The maximum atomic E-state index is 13.6. The van der Waals surface area contributed by atoms with Crippen molar-refractivity contribution in [2.75, 3.05) is 71.6 Å². The summed E-state index contributed by atoms with van der Waals surface area (Å²) in [5, 5.41) is 15.4. The molecule has 2 aromatic heterocycles. The Bertz CT molecular complexity index is 2280. The Hall–Kier alpha value is -6.29. The number of nitrogens with one attached hydrogen (secondary N) is 2. The molecule has 58 heavy (non-hydrogen) atoms. The normalized spacial score (nSPS) is 11.3. The fraction of sp³-hybridized carbons (Fsp3) is 0.326. The van der Waals surface area contributed by atoms with Crippen molar-refractivity contribution in [2.45, 2.75) is 32.6 Å². The predicted octanol–water partition coefficient (Wildman–Crippen LogP) is 8.08. The van der Waals surface area contributed by atoms with Crippen LogP contribution in [0.2, 0.25) is 0 Å². The van der Waals surface area contributed by atoms with Gasteiger partial charge < -0.3 is 48.2 Å². The number of anilines is 2. The topological polar surface area (TPSA) is 170 Å². The number of urea groups is 1. The van der Waals surface area contributed by atoms with Crippen LogP contribution in [0.4, 0.5) is 16.2 Å². The van der Waals surface area contributed by atoms with E-state index in [1.54, 1.807) is 38.6 Å². The van der Waals surface area contributed by atoms with E-state index in [-0.39, 0.29) is 11.3 Å². The van der Waals surface area contributed by atoms with Gasteiger partial charge in [0.25, 0.3) is 5.89 Å². The van der Waals surface area contributed by atoms with Crippen LogP contribution in [-0.4, -0.2) is 87.2 Å². The van der Waals surface area contributed by atoms with Crippen LogP contribution in [0.25, 0.3) is 22.2 Å². The van der Waals surface area contributed by atoms with Gasteiger partial charge in [0, 0.05) is 42.6 Å². The van der Waals surface area contributed by atoms with Crippen LogP contribution < -0.4 is 29.6 Å². The van der Waals surface area contributed by atoms with E-state index < -0.39 is 6.03 Å². The average Bonchev–Trinajstić information content (AvgIpc) is 3.76. The van der Waals surface area contributed by atoms with Gasteiger partial charge in [0.05, 0.1) is 64.2 Å². The predicted molar refractivity (Wildman–Crippen MR) is 218 cm³/mol. The quantitative estimate of drug-likeness (QED) is 0.0756. The van der Waals surface area contributed by atoms with Crippen LogP contribution in [0.5, 0.6) is 28.9 Å². The van der Waals surface area contributed by atoms with Crippen molar-refractivity contribution in [2.24, 2.45) is 0 Å². The van der Waals surface area contributed by atoms with Crippen LogP contribution >= 0.6 is 0 Å². The zero-order valence-electron chi connectivity index (χ0n) is 33.5. The number of carbonyl (C=O) groups excluding carboxylic acids is 1. The van der Waals surface area contributed by atoms with Crippen molar-refractivity contribution in [1.82, 2.24) is 20.2 Å². The summed E-state index contributed by atoms with van der Waals surface area (Å²) in [5.74, 6) is 3.41. The minimum Gasteiger partial charge on any atom is -0.497 e. The third-order valence-electron chi connectivity index (χ3n) is 8.86. The van der Waals surface area contributed by atoms with Gasteiger partial charge in [-0.3, -0.25) is 0 Å². The Kier molecular flexibility index (Phi) is 14.1. The number of hydrogen-bond donors (Lipinski definition) is 2. The first-order valence-corrected chi connectivity index (χ1v) is 18.7. The van der Waals surface area contributed by atoms with Gasteiger partial charge in [-0.05, 0) is 52.9 Å². The highest BCUT2D eigenvalue weighted by Crippen LogP contribution is 2.41. The SMILES string of the molecule is COCCOCCOCCOc1cc(Cc2nccc(Oc3ccc(NC(=O)Nc4cc(C(C)(C)C)cc(-c5nnco5)c4OC)c4ccccc34)n2)cc(OC)c1. The maximum absolute atomic E-state index is 13.6. The van der Waals surface area contributed by atoms with E-state index in [9.17, 15) is 4.79 Å². The van der Waals surface area contributed by atoms with Crippen molar-refractivity contribution in [3.05, 3.63) is 102 Å². The molecule has 0 saturated carbocycles. The second-order valence-corrected chi connectivity index (χ2v) is 14.0. The van der Waals surface area contributed by atoms with Gasteiger partial charge in [0.15, 0.2) is 5.75 Å². The van der Waals surface area contributed by atoms with Crippen LogP contribution in [0.3, 0.4) is 0 Å². The molecule has 2 heterocycles. The summed E-state index contributed by atoms with van der Waals surface area (Å²) in [5.41, 5.74) is 3.16. The zero-order chi connectivity index (χ0) is 40.9. The number of rotatable bonds is 19. The fourth-order valence-corrected chi connectivity index (χ4v) is 6.00. The Balaban J connectivity index is 1.13. The Morgan fingerprint density at radius 2 is 1.52 bits per heavy atom. The van der Waals surface area contributed by atoms with E-state index >= 15 is 0 Å². The molecule has 0 aliphatic carbocycles. The summed E-state index contributed by atoms with van der Waals surface area (Å²) >= 11 is 0. The van der Waals surface area contributed by atoms with E-state index in [0.29, 0.717) is 97.7 Å². The standard InChI is InChI=1S/C43H48N6O9/c1-43(2,3)29-24-34(41-49-45-27-57-41)40(53-6)36(25-29)47-42(50)46-35-11-12-37(33-10-8-7-9-32(33)35)58-39-13-14-44-38(48-39)23-28-21-30(52-5)26-31(22-28)56-20-19-55-18-17-54-16-15-51-4/h7-14,21-22,24-27H,15-20,23H2,1-6H3,(H2,46,47,50). The van der Waals surface area contributed by atoms with Crippen molar-refractivity contribution in [3.63, 3.8) is 0 Å². The highest BCUT2D eigenvalue weighted by Gasteiger charge is 2.24. The molecule has 0 aliphatic rings. The fourth-order valence-electron chi connectivity index (χ4n) is 6.00. The first kappa shape index (κ1) is 41.3. The molecular weight excluding hydrogens is 745 g/mol. The van der Waals surface area contributed by atoms with Crippen molar-refractivity contribution < 1.29 is 42.4 Å². The average molecular weight is 793 g/mol. The monoisotopic (exact) mass is 792 g/mol. The molecule has 0 unspecified atom stereocenters. The molecule has 15 nitrogen and oxygen atoms in total. The lowest BCUT2D eigenvalue weighted by Gasteiger charge is -2.23. The zero-order valence-corrected chi connectivity index (χ0v) is 33.5. The summed E-state index contributed by atoms with van der Waals surface area (Å²) in [7, 11) is 4.77. The number of hydrogen-bond acceptors (Lipinski definition) is 13. The summed E-state index contributed by atoms with van der Waals surface area (Å²) in [6, 6.07) is 21.9. The largest absolute Gasteiger partial charge is 0.497 e. The lowest BCUT2D eigenvalue weighted by molar-refractivity contribution is 0.0179. The van der Waals surface area contributed by atoms with Crippen LogP contribution in [0, 0.1) is 0 Å². The molecule has 0 spiro atoms. The van der Waals surface area contributed by atoms with Crippen molar-refractivity contribution in [1.29, 1.82) is 0 Å². The maximum Gasteiger partial charge on any atom is 0.323 e. The molecule has 0 aliphatic heterocycles. The minimum atomic E-state index is -0.473. The molecule has 0 fully saturated rings. The number of nitrogens with zero attached hydrogens (tertiary/aromatic N) is 4. The lowest BCUT2D eigenvalue weighted by Crippen LogP contribution is -2.21. The molecular formula is C43H48N6O9. The molecule has 6 aromatic rings. The third-order valence-corrected chi connectivity index (χ3v) is 8.86. The van der Waals surface area contributed by atoms with Crippen LogP contribution in [-0.2, 0) is 26.0 Å². The van der Waals surface area contributed by atoms with E-state index in [2.05, 4.69) is 46.6 Å². The van der Waals surface area contributed by atoms with Gasteiger partial charge in [-0.25, -0.2) is 9.78 Å². The van der Waals surface area contributed by atoms with Crippen molar-refractivity contribution in [3.8, 4) is 40.3 Å². The summed E-state index contributed by atoms with van der Waals surface area (Å²) in [6.45, 7) is 9.03. The number of amides is 2. The Morgan fingerprint density at radius 3 is 2.24 bits per heavy atom. The smallest absolute Gasteiger partial charge is 0.323 e. The van der Waals surface area contributed by atoms with E-state index in [4.69, 9.17) is 42.6 Å². The Labute approximate surface area is 337 Å². The number of ether oxygens (including phenoxy) is 7. The highest BCUT2D eigenvalue weighted by molar-refractivity contribution is 6.08. The summed E-state index contributed by atoms with van der Waals surface area (Å²) < 4.78 is 45.0. The van der Waals surface area contributed by atoms with Gasteiger partial charge in [-0.2, -0.15) is 4.98 Å². The number of methoxy groups -OCH3 is 3. The van der Waals surface area contributed by atoms with Gasteiger partial charge >= 0.3 is 6.03 Å². The highest BCUT2D eigenvalue weighted by atomic mass is 16.6. The lowest BCUT2D eigenvalue weighted by atomic mass is 9.85. The number of fused-ring (bicyclic) bond motifs is 1. The first-order valence-electron chi connectivity index (χ1n) is 18.7. The molecule has 2 N–H and O–H groups in total. The van der Waals surface area contributed by atoms with Gasteiger partial charge in [0.2, 0.25) is 12.3 Å². The number of aromatic nitrogens is 4. The second-order valence-electron chi connectivity index (χ2n) is 14.0. The molecule has 6 rings (SSSR count). The second kappa shape index (κ2) is 19.7. The van der Waals surface area contributed by atoms with E-state index in [0.717, 1.165) is 21.9 Å². The molecule has 0 radical (unpaired) electrons. The van der Waals surface area contributed by atoms with Crippen LogP contribution in [0.1, 0.15) is 37.7 Å². The third kappa shape index (κ3) is 11.0. The molecule has 15 heteroatoms. The molecule has 2 amide bonds. The van der Waals surface area contributed by atoms with Crippen LogP contribution in [0.15, 0.2) is 89.8 Å². The first-order chi connectivity index (χ1) is 28.1. The number of benzene rings is 4. The summed E-state index contributed by atoms with van der Waals surface area (Å²) in [4.78, 5) is 22.8. The van der Waals surface area contributed by atoms with Gasteiger partial charge in [-0.15, -0.1) is 10.2 Å². The van der Waals surface area contributed by atoms with E-state index in [1.165, 1.54) is 13.5 Å². The molecule has 0 bridgehead atoms. The van der Waals surface area contributed by atoms with Gasteiger partial charge in [-0.1, -0.05) is 45.0 Å². The molecule has 0 atom stereocenters. The van der Waals surface area contributed by atoms with E-state index in [1.807, 2.05) is 54.6 Å². The molecule has 304 valence electrons. The van der Waals surface area contributed by atoms with Crippen molar-refractivity contribution >= 4 is 28.2 Å². The Morgan fingerprint density at radius 1 is 0.776 bits per heavy atom. The molecule has 0 saturated heterocycles.